The zero-order valence-corrected chi connectivity index (χ0v) is 17.5. The highest BCUT2D eigenvalue weighted by Gasteiger charge is 2.23. The summed E-state index contributed by atoms with van der Waals surface area (Å²) in [7, 11) is -0.991. The van der Waals surface area contributed by atoms with Crippen LogP contribution in [0.25, 0.3) is 10.9 Å². The fourth-order valence-electron chi connectivity index (χ4n) is 2.72. The zero-order valence-electron chi connectivity index (χ0n) is 16.7. The predicted molar refractivity (Wildman–Crippen MR) is 111 cm³/mol. The Morgan fingerprint density at radius 2 is 1.93 bits per heavy atom. The van der Waals surface area contributed by atoms with E-state index < -0.39 is 21.5 Å². The van der Waals surface area contributed by atoms with Crippen LogP contribution in [0.15, 0.2) is 52.2 Å². The van der Waals surface area contributed by atoms with Gasteiger partial charge < -0.3 is 10.1 Å². The minimum absolute atomic E-state index is 0.0742. The number of carbonyl (C=O) groups is 1. The number of rotatable bonds is 7. The Morgan fingerprint density at radius 1 is 1.20 bits per heavy atom. The van der Waals surface area contributed by atoms with Crippen molar-refractivity contribution in [3.63, 3.8) is 0 Å². The van der Waals surface area contributed by atoms with Crippen molar-refractivity contribution in [3.8, 4) is 5.75 Å². The monoisotopic (exact) mass is 431 g/mol. The summed E-state index contributed by atoms with van der Waals surface area (Å²) in [6.45, 7) is 1.65. The Hall–Kier alpha value is -3.31. The summed E-state index contributed by atoms with van der Waals surface area (Å²) in [5, 5.41) is 10.6. The molecule has 0 saturated carbocycles. The van der Waals surface area contributed by atoms with Crippen molar-refractivity contribution in [1.82, 2.24) is 19.3 Å². The molecule has 0 unspecified atom stereocenters. The Morgan fingerprint density at radius 3 is 2.63 bits per heavy atom. The smallest absolute Gasteiger partial charge is 0.278 e. The van der Waals surface area contributed by atoms with Crippen molar-refractivity contribution in [2.75, 3.05) is 26.0 Å². The largest absolute Gasteiger partial charge is 0.492 e. The van der Waals surface area contributed by atoms with Crippen LogP contribution in [-0.4, -0.2) is 54.3 Å². The molecule has 0 radical (unpaired) electrons. The number of benzene rings is 2. The highest BCUT2D eigenvalue weighted by Crippen LogP contribution is 2.29. The molecule has 1 N–H and O–H groups in total. The molecule has 0 aliphatic carbocycles. The van der Waals surface area contributed by atoms with Gasteiger partial charge in [-0.1, -0.05) is 17.3 Å². The molecule has 0 spiro atoms. The highest BCUT2D eigenvalue weighted by molar-refractivity contribution is 7.89. The zero-order chi connectivity index (χ0) is 21.9. The summed E-state index contributed by atoms with van der Waals surface area (Å²) >= 11 is 0. The maximum Gasteiger partial charge on any atom is 0.278 e. The Bertz CT molecular complexity index is 1250. The van der Waals surface area contributed by atoms with E-state index in [-0.39, 0.29) is 29.5 Å². The van der Waals surface area contributed by atoms with E-state index in [4.69, 9.17) is 4.74 Å². The minimum Gasteiger partial charge on any atom is -0.492 e. The summed E-state index contributed by atoms with van der Waals surface area (Å²) in [6.07, 6.45) is 0. The molecule has 10 nitrogen and oxygen atoms in total. The lowest BCUT2D eigenvalue weighted by molar-refractivity contribution is -0.117. The maximum absolute atomic E-state index is 12.6. The molecule has 3 rings (SSSR count). The van der Waals surface area contributed by atoms with Gasteiger partial charge in [0.1, 0.15) is 22.7 Å². The Labute approximate surface area is 173 Å². The van der Waals surface area contributed by atoms with Crippen molar-refractivity contribution in [3.05, 3.63) is 52.8 Å². The van der Waals surface area contributed by atoms with Crippen molar-refractivity contribution in [1.29, 1.82) is 0 Å². The molecule has 30 heavy (non-hydrogen) atoms. The lowest BCUT2D eigenvalue weighted by atomic mass is 10.2. The number of fused-ring (bicyclic) bond motifs is 1. The number of carbonyl (C=O) groups excluding carboxylic acids is 1. The maximum atomic E-state index is 12.6. The number of nitrogens with zero attached hydrogens (tertiary/aromatic N) is 4. The fourth-order valence-corrected chi connectivity index (χ4v) is 3.77. The van der Waals surface area contributed by atoms with Gasteiger partial charge in [-0.25, -0.2) is 17.4 Å². The molecule has 0 aliphatic rings. The lowest BCUT2D eigenvalue weighted by Crippen LogP contribution is -2.30. The lowest BCUT2D eigenvalue weighted by Gasteiger charge is -2.16. The molecule has 0 saturated heterocycles. The highest BCUT2D eigenvalue weighted by atomic mass is 32.2. The third-order valence-electron chi connectivity index (χ3n) is 4.21. The summed E-state index contributed by atoms with van der Waals surface area (Å²) < 4.78 is 32.6. The normalized spacial score (nSPS) is 11.6. The van der Waals surface area contributed by atoms with Gasteiger partial charge in [0.15, 0.2) is 0 Å². The van der Waals surface area contributed by atoms with E-state index in [0.29, 0.717) is 10.9 Å². The molecule has 0 aliphatic heterocycles. The van der Waals surface area contributed by atoms with Gasteiger partial charge in [0.2, 0.25) is 15.9 Å². The summed E-state index contributed by atoms with van der Waals surface area (Å²) in [5.41, 5.74) is 0.230. The Balaban J connectivity index is 1.87. The molecule has 0 atom stereocenters. The number of anilines is 1. The Kier molecular flexibility index (Phi) is 6.13. The third kappa shape index (κ3) is 4.31. The van der Waals surface area contributed by atoms with Gasteiger partial charge in [-0.3, -0.25) is 9.59 Å². The van der Waals surface area contributed by atoms with Crippen molar-refractivity contribution >= 4 is 32.5 Å². The number of ether oxygens (including phenoxy) is 1. The number of amides is 1. The quantitative estimate of drug-likeness (QED) is 0.594. The summed E-state index contributed by atoms with van der Waals surface area (Å²) in [4.78, 5) is 24.8. The minimum atomic E-state index is -3.80. The van der Waals surface area contributed by atoms with Crippen LogP contribution >= 0.6 is 0 Å². The van der Waals surface area contributed by atoms with Gasteiger partial charge in [-0.05, 0) is 37.3 Å². The summed E-state index contributed by atoms with van der Waals surface area (Å²) in [5.74, 6) is -0.375. The molecule has 0 bridgehead atoms. The van der Waals surface area contributed by atoms with Gasteiger partial charge in [0.05, 0.1) is 12.0 Å². The predicted octanol–water partition coefficient (Wildman–Crippen LogP) is 1.08. The van der Waals surface area contributed by atoms with E-state index >= 15 is 0 Å². The molecule has 3 aromatic rings. The third-order valence-corrected chi connectivity index (χ3v) is 6.04. The van der Waals surface area contributed by atoms with Gasteiger partial charge in [0.25, 0.3) is 5.56 Å². The molecule has 158 valence electrons. The number of hydrogen-bond donors (Lipinski definition) is 1. The van der Waals surface area contributed by atoms with Crippen LogP contribution in [0, 0.1) is 0 Å². The second kappa shape index (κ2) is 8.59. The molecule has 2 aromatic carbocycles. The van der Waals surface area contributed by atoms with E-state index in [1.807, 2.05) is 0 Å². The van der Waals surface area contributed by atoms with E-state index in [1.165, 1.54) is 32.3 Å². The van der Waals surface area contributed by atoms with E-state index in [2.05, 4.69) is 15.6 Å². The second-order valence-electron chi connectivity index (χ2n) is 6.50. The van der Waals surface area contributed by atoms with Gasteiger partial charge in [0, 0.05) is 19.8 Å². The van der Waals surface area contributed by atoms with Gasteiger partial charge >= 0.3 is 0 Å². The molecule has 0 fully saturated rings. The molecule has 1 heterocycles. The SMILES string of the molecule is CCOc1ccc(NC(=O)Cn2nnc3ccccc3c2=O)cc1S(=O)(=O)N(C)C. The van der Waals surface area contributed by atoms with Crippen molar-refractivity contribution in [2.24, 2.45) is 0 Å². The average Bonchev–Trinajstić information content (AvgIpc) is 2.71. The number of sulfonamides is 1. The molecular formula is C19H21N5O5S. The van der Waals surface area contributed by atoms with Crippen LogP contribution in [0.3, 0.4) is 0 Å². The fraction of sp³-hybridized carbons (Fsp3) is 0.263. The standard InChI is InChI=1S/C19H21N5O5S/c1-4-29-16-10-9-13(11-17(16)30(27,28)23(2)3)20-18(25)12-24-19(26)14-7-5-6-8-15(14)21-22-24/h5-11H,4,12H2,1-3H3,(H,20,25). The molecule has 1 amide bonds. The van der Waals surface area contributed by atoms with Crippen LogP contribution < -0.4 is 15.6 Å². The first-order valence-electron chi connectivity index (χ1n) is 9.05. The first-order chi connectivity index (χ1) is 14.2. The topological polar surface area (TPSA) is 123 Å². The van der Waals surface area contributed by atoms with E-state index in [1.54, 1.807) is 31.2 Å². The van der Waals surface area contributed by atoms with Crippen LogP contribution in [-0.2, 0) is 21.4 Å². The van der Waals surface area contributed by atoms with Crippen LogP contribution in [0.1, 0.15) is 6.92 Å². The number of aromatic nitrogens is 3. The average molecular weight is 431 g/mol. The first-order valence-corrected chi connectivity index (χ1v) is 10.5. The molecular weight excluding hydrogens is 410 g/mol. The summed E-state index contributed by atoms with van der Waals surface area (Å²) in [6, 6.07) is 11.0. The van der Waals surface area contributed by atoms with Crippen LogP contribution in [0.4, 0.5) is 5.69 Å². The molecule has 11 heteroatoms. The van der Waals surface area contributed by atoms with E-state index in [9.17, 15) is 18.0 Å². The number of hydrogen-bond acceptors (Lipinski definition) is 7. The first kappa shape index (κ1) is 21.4. The van der Waals surface area contributed by atoms with Crippen LogP contribution in [0.5, 0.6) is 5.75 Å². The van der Waals surface area contributed by atoms with Gasteiger partial charge in [-0.2, -0.15) is 0 Å². The molecule has 1 aromatic heterocycles. The van der Waals surface area contributed by atoms with E-state index in [0.717, 1.165) is 8.99 Å². The van der Waals surface area contributed by atoms with Crippen molar-refractivity contribution in [2.45, 2.75) is 18.4 Å². The van der Waals surface area contributed by atoms with Gasteiger partial charge in [-0.15, -0.1) is 5.10 Å². The second-order valence-corrected chi connectivity index (χ2v) is 8.62. The van der Waals surface area contributed by atoms with Crippen molar-refractivity contribution < 1.29 is 17.9 Å². The van der Waals surface area contributed by atoms with Crippen LogP contribution in [0.2, 0.25) is 0 Å². The number of nitrogens with one attached hydrogen (secondary N) is 1.